The maximum Gasteiger partial charge on any atom is 0.230 e. The fraction of sp³-hybridized carbons (Fsp3) is 0.346. The van der Waals surface area contributed by atoms with Gasteiger partial charge in [0.1, 0.15) is 17.4 Å². The number of hydrogen-bond donors (Lipinski definition) is 6. The van der Waals surface area contributed by atoms with Crippen molar-refractivity contribution in [3.63, 3.8) is 0 Å². The predicted octanol–water partition coefficient (Wildman–Crippen LogP) is 0.893. The van der Waals surface area contributed by atoms with E-state index in [1.54, 1.807) is 12.1 Å². The molecule has 1 amide bonds. The Morgan fingerprint density at radius 1 is 1.06 bits per heavy atom. The van der Waals surface area contributed by atoms with Crippen molar-refractivity contribution >= 4 is 35.0 Å². The van der Waals surface area contributed by atoms with Gasteiger partial charge < -0.3 is 31.3 Å². The molecule has 9 nitrogen and oxygen atoms in total. The third kappa shape index (κ3) is 3.40. The highest BCUT2D eigenvalue weighted by molar-refractivity contribution is 7.99. The Morgan fingerprint density at radius 3 is 2.42 bits per heavy atom. The highest BCUT2D eigenvalue weighted by atomic mass is 32.2. The van der Waals surface area contributed by atoms with E-state index in [2.05, 4.69) is 0 Å². The molecule has 0 radical (unpaired) electrons. The number of benzene rings is 2. The van der Waals surface area contributed by atoms with Crippen LogP contribution in [-0.2, 0) is 14.4 Å². The van der Waals surface area contributed by atoms with Gasteiger partial charge in [-0.2, -0.15) is 0 Å². The quantitative estimate of drug-likeness (QED) is 0.257. The van der Waals surface area contributed by atoms with E-state index in [0.29, 0.717) is 11.3 Å². The van der Waals surface area contributed by atoms with Crippen molar-refractivity contribution in [3.8, 4) is 5.75 Å². The van der Waals surface area contributed by atoms with E-state index in [4.69, 9.17) is 5.73 Å². The number of rotatable bonds is 4. The number of carbonyl (C=O) groups excluding carboxylic acids is 3. The van der Waals surface area contributed by atoms with Gasteiger partial charge in [-0.1, -0.05) is 30.3 Å². The number of aromatic hydroxyl groups is 1. The van der Waals surface area contributed by atoms with E-state index in [1.807, 2.05) is 30.3 Å². The second-order valence-electron chi connectivity index (χ2n) is 9.50. The third-order valence-electron chi connectivity index (χ3n) is 7.66. The number of phenols is 1. The van der Waals surface area contributed by atoms with Crippen molar-refractivity contribution in [3.05, 3.63) is 65.2 Å². The molecule has 2 saturated carbocycles. The Hall–Kier alpha value is -3.18. The lowest BCUT2D eigenvalue weighted by Gasteiger charge is -2.52. The van der Waals surface area contributed by atoms with Gasteiger partial charge in [-0.15, -0.1) is 11.8 Å². The summed E-state index contributed by atoms with van der Waals surface area (Å²) in [6, 6.07) is 14.0. The largest absolute Gasteiger partial charge is 0.507 e. The maximum absolute atomic E-state index is 13.8. The second-order valence-corrected chi connectivity index (χ2v) is 10.6. The molecule has 0 spiro atoms. The maximum atomic E-state index is 13.8. The molecule has 188 valence electrons. The summed E-state index contributed by atoms with van der Waals surface area (Å²) in [5.74, 6) is -9.19. The number of ketones is 2. The molecule has 2 unspecified atom stereocenters. The first-order valence-electron chi connectivity index (χ1n) is 11.5. The molecule has 0 aliphatic heterocycles. The summed E-state index contributed by atoms with van der Waals surface area (Å²) in [7, 11) is 0. The SMILES string of the molecule is NC(=O)C1C(=O)[C@@]2(O)C(=O)C3=C(O)c4c(O)cccc4[C@H](CSc4ccccc4)[C@H]3[C@H](O)[C@H]2CC1O. The first kappa shape index (κ1) is 24.5. The van der Waals surface area contributed by atoms with E-state index in [9.17, 15) is 39.9 Å². The predicted molar refractivity (Wildman–Crippen MR) is 129 cm³/mol. The lowest BCUT2D eigenvalue weighted by Crippen LogP contribution is -2.70. The molecule has 36 heavy (non-hydrogen) atoms. The van der Waals surface area contributed by atoms with Gasteiger partial charge in [0.15, 0.2) is 11.4 Å². The monoisotopic (exact) mass is 511 g/mol. The van der Waals surface area contributed by atoms with Crippen LogP contribution < -0.4 is 5.73 Å². The van der Waals surface area contributed by atoms with Crippen LogP contribution in [0.2, 0.25) is 0 Å². The van der Waals surface area contributed by atoms with Crippen LogP contribution >= 0.6 is 11.8 Å². The number of Topliss-reactive ketones (excluding diaryl/α,β-unsaturated/α-hetero) is 2. The number of fused-ring (bicyclic) bond motifs is 3. The molecule has 3 aliphatic rings. The van der Waals surface area contributed by atoms with Crippen LogP contribution in [0.1, 0.15) is 23.5 Å². The number of amides is 1. The Morgan fingerprint density at radius 2 is 1.75 bits per heavy atom. The van der Waals surface area contributed by atoms with Crippen molar-refractivity contribution in [1.29, 1.82) is 0 Å². The van der Waals surface area contributed by atoms with Crippen molar-refractivity contribution in [2.24, 2.45) is 23.5 Å². The summed E-state index contributed by atoms with van der Waals surface area (Å²) in [6.07, 6.45) is -3.54. The summed E-state index contributed by atoms with van der Waals surface area (Å²) in [4.78, 5) is 39.7. The van der Waals surface area contributed by atoms with Crippen LogP contribution in [0.3, 0.4) is 0 Å². The van der Waals surface area contributed by atoms with E-state index in [-0.39, 0.29) is 16.9 Å². The van der Waals surface area contributed by atoms with E-state index >= 15 is 0 Å². The average Bonchev–Trinajstić information content (AvgIpc) is 2.84. The molecule has 5 rings (SSSR count). The molecular formula is C26H25NO8S. The number of primary amides is 1. The molecule has 0 aromatic heterocycles. The standard InChI is InChI=1S/C26H25NO8S/c27-25(34)19-16(29)9-14-21(30)18-13(10-36-11-5-2-1-3-6-11)12-7-4-8-15(28)17(12)22(31)20(18)24(33)26(14,35)23(19)32/h1-8,13-14,16,18-19,21,28-31,35H,9-10H2,(H2,27,34)/t13-,14+,16?,18+,19?,21+,26+/m0/s1. The summed E-state index contributed by atoms with van der Waals surface area (Å²) in [6.45, 7) is 0. The van der Waals surface area contributed by atoms with Crippen LogP contribution in [0.5, 0.6) is 5.75 Å². The first-order chi connectivity index (χ1) is 17.1. The molecule has 2 aromatic carbocycles. The average molecular weight is 512 g/mol. The zero-order valence-electron chi connectivity index (χ0n) is 18.9. The molecule has 7 N–H and O–H groups in total. The Kier molecular flexibility index (Phi) is 5.95. The van der Waals surface area contributed by atoms with Crippen LogP contribution in [0.4, 0.5) is 0 Å². The van der Waals surface area contributed by atoms with Gasteiger partial charge in [0.2, 0.25) is 11.7 Å². The molecule has 0 heterocycles. The molecular weight excluding hydrogens is 486 g/mol. The normalized spacial score (nSPS) is 33.5. The fourth-order valence-electron chi connectivity index (χ4n) is 5.98. The second kappa shape index (κ2) is 8.74. The summed E-state index contributed by atoms with van der Waals surface area (Å²) in [5, 5.41) is 55.1. The number of thioether (sulfide) groups is 1. The molecule has 0 saturated heterocycles. The summed E-state index contributed by atoms with van der Waals surface area (Å²) in [5.41, 5.74) is 2.50. The lowest BCUT2D eigenvalue weighted by molar-refractivity contribution is -0.186. The molecule has 7 atom stereocenters. The molecule has 0 bridgehead atoms. The Bertz CT molecular complexity index is 1290. The lowest BCUT2D eigenvalue weighted by atomic mass is 9.53. The first-order valence-corrected chi connectivity index (χ1v) is 12.5. The van der Waals surface area contributed by atoms with Gasteiger partial charge in [-0.3, -0.25) is 14.4 Å². The van der Waals surface area contributed by atoms with Gasteiger partial charge in [0.05, 0.1) is 17.8 Å². The van der Waals surface area contributed by atoms with Crippen molar-refractivity contribution in [2.75, 3.05) is 5.75 Å². The van der Waals surface area contributed by atoms with Gasteiger partial charge in [-0.25, -0.2) is 0 Å². The third-order valence-corrected chi connectivity index (χ3v) is 8.79. The number of hydrogen-bond acceptors (Lipinski definition) is 9. The van der Waals surface area contributed by atoms with E-state index in [0.717, 1.165) is 4.90 Å². The van der Waals surface area contributed by atoms with Crippen LogP contribution in [0, 0.1) is 17.8 Å². The van der Waals surface area contributed by atoms with Crippen molar-refractivity contribution < 1.29 is 39.9 Å². The van der Waals surface area contributed by atoms with Crippen molar-refractivity contribution in [1.82, 2.24) is 0 Å². The van der Waals surface area contributed by atoms with Gasteiger partial charge in [0.25, 0.3) is 0 Å². The molecule has 3 aliphatic carbocycles. The molecule has 2 fully saturated rings. The summed E-state index contributed by atoms with van der Waals surface area (Å²) < 4.78 is 0. The fourth-order valence-corrected chi connectivity index (χ4v) is 7.09. The number of aliphatic hydroxyl groups is 4. The van der Waals surface area contributed by atoms with Crippen LogP contribution in [-0.4, -0.2) is 66.6 Å². The van der Waals surface area contributed by atoms with Gasteiger partial charge in [0, 0.05) is 34.0 Å². The van der Waals surface area contributed by atoms with E-state index < -0.39 is 71.1 Å². The van der Waals surface area contributed by atoms with Gasteiger partial charge >= 0.3 is 0 Å². The smallest absolute Gasteiger partial charge is 0.230 e. The van der Waals surface area contributed by atoms with Gasteiger partial charge in [-0.05, 0) is 30.2 Å². The summed E-state index contributed by atoms with van der Waals surface area (Å²) >= 11 is 1.44. The zero-order valence-corrected chi connectivity index (χ0v) is 19.8. The molecule has 10 heteroatoms. The number of phenolic OH excluding ortho intramolecular Hbond substituents is 1. The van der Waals surface area contributed by atoms with Crippen LogP contribution in [0.25, 0.3) is 5.76 Å². The highest BCUT2D eigenvalue weighted by Crippen LogP contribution is 2.56. The zero-order chi connectivity index (χ0) is 25.9. The van der Waals surface area contributed by atoms with E-state index in [1.165, 1.54) is 17.8 Å². The molecule has 2 aromatic rings. The minimum atomic E-state index is -2.86. The topological polar surface area (TPSA) is 178 Å². The minimum Gasteiger partial charge on any atom is -0.507 e. The highest BCUT2D eigenvalue weighted by Gasteiger charge is 2.67. The van der Waals surface area contributed by atoms with Crippen molar-refractivity contribution in [2.45, 2.75) is 35.0 Å². The number of nitrogens with two attached hydrogens (primary N) is 1. The number of aliphatic hydroxyl groups excluding tert-OH is 3. The number of carbonyl (C=O) groups is 3. The Balaban J connectivity index is 1.66. The minimum absolute atomic E-state index is 0.0141. The Labute approximate surface area is 210 Å². The van der Waals surface area contributed by atoms with Crippen LogP contribution in [0.15, 0.2) is 59.0 Å².